The van der Waals surface area contributed by atoms with E-state index in [-0.39, 0.29) is 0 Å². The van der Waals surface area contributed by atoms with Crippen LogP contribution in [0.15, 0.2) is 18.2 Å². The first-order valence-electron chi connectivity index (χ1n) is 5.38. The second-order valence-electron chi connectivity index (χ2n) is 4.01. The summed E-state index contributed by atoms with van der Waals surface area (Å²) in [5.74, 6) is 1.58. The van der Waals surface area contributed by atoms with Gasteiger partial charge in [-0.1, -0.05) is 42.3 Å². The van der Waals surface area contributed by atoms with Crippen molar-refractivity contribution in [3.05, 3.63) is 29.3 Å². The van der Waals surface area contributed by atoms with Crippen LogP contribution < -0.4 is 4.74 Å². The highest BCUT2D eigenvalue weighted by atomic mass is 79.9. The minimum absolute atomic E-state index is 0.438. The van der Waals surface area contributed by atoms with E-state index in [4.69, 9.17) is 4.74 Å². The van der Waals surface area contributed by atoms with Crippen LogP contribution in [0.4, 0.5) is 0 Å². The van der Waals surface area contributed by atoms with Gasteiger partial charge in [0.1, 0.15) is 5.75 Å². The van der Waals surface area contributed by atoms with Crippen LogP contribution in [0.25, 0.3) is 0 Å². The zero-order chi connectivity index (χ0) is 11.4. The predicted octanol–water partition coefficient (Wildman–Crippen LogP) is 4.49. The van der Waals surface area contributed by atoms with Crippen LogP contribution >= 0.6 is 15.9 Å². The molecule has 84 valence electrons. The molecule has 1 rings (SSSR count). The van der Waals surface area contributed by atoms with Gasteiger partial charge in [0, 0.05) is 4.83 Å². The molecule has 0 aliphatic rings. The molecule has 0 aliphatic heterocycles. The molecule has 2 unspecified atom stereocenters. The zero-order valence-electron chi connectivity index (χ0n) is 9.88. The number of hydrogen-bond donors (Lipinski definition) is 0. The Morgan fingerprint density at radius 1 is 1.40 bits per heavy atom. The molecule has 2 atom stereocenters. The first kappa shape index (κ1) is 12.6. The second kappa shape index (κ2) is 5.55. The lowest BCUT2D eigenvalue weighted by Gasteiger charge is -2.19. The van der Waals surface area contributed by atoms with Gasteiger partial charge in [0.25, 0.3) is 0 Å². The van der Waals surface area contributed by atoms with Crippen molar-refractivity contribution in [3.63, 3.8) is 0 Å². The van der Waals surface area contributed by atoms with Crippen LogP contribution in [-0.4, -0.2) is 7.11 Å². The Morgan fingerprint density at radius 2 is 2.07 bits per heavy atom. The van der Waals surface area contributed by atoms with Crippen molar-refractivity contribution in [1.82, 2.24) is 0 Å². The highest BCUT2D eigenvalue weighted by molar-refractivity contribution is 9.09. The van der Waals surface area contributed by atoms with E-state index in [1.54, 1.807) is 7.11 Å². The van der Waals surface area contributed by atoms with Crippen LogP contribution in [0.5, 0.6) is 5.75 Å². The highest BCUT2D eigenvalue weighted by Gasteiger charge is 2.16. The van der Waals surface area contributed by atoms with Gasteiger partial charge in [0.05, 0.1) is 7.11 Å². The van der Waals surface area contributed by atoms with Crippen molar-refractivity contribution in [2.24, 2.45) is 5.92 Å². The van der Waals surface area contributed by atoms with Gasteiger partial charge in [0.15, 0.2) is 0 Å². The highest BCUT2D eigenvalue weighted by Crippen LogP contribution is 2.35. The van der Waals surface area contributed by atoms with Gasteiger partial charge < -0.3 is 4.74 Å². The second-order valence-corrected chi connectivity index (χ2v) is 5.00. The number of alkyl halides is 1. The Morgan fingerprint density at radius 3 is 2.53 bits per heavy atom. The summed E-state index contributed by atoms with van der Waals surface area (Å²) in [6.45, 7) is 6.62. The Balaban J connectivity index is 2.95. The summed E-state index contributed by atoms with van der Waals surface area (Å²) < 4.78 is 5.20. The van der Waals surface area contributed by atoms with Crippen LogP contribution in [0.2, 0.25) is 0 Å². The fourth-order valence-corrected chi connectivity index (χ4v) is 2.49. The van der Waals surface area contributed by atoms with Gasteiger partial charge in [-0.05, 0) is 36.1 Å². The zero-order valence-corrected chi connectivity index (χ0v) is 11.5. The average molecular weight is 271 g/mol. The smallest absolute Gasteiger partial charge is 0.119 e. The van der Waals surface area contributed by atoms with Crippen LogP contribution in [-0.2, 0) is 0 Å². The number of benzene rings is 1. The minimum atomic E-state index is 0.438. The predicted molar refractivity (Wildman–Crippen MR) is 68.9 cm³/mol. The molecule has 0 fully saturated rings. The standard InChI is InChI=1S/C13H19BrO/c1-5-9(2)13(14)12-7-6-11(15-4)8-10(12)3/h6-9,13H,5H2,1-4H3. The maximum Gasteiger partial charge on any atom is 0.119 e. The quantitative estimate of drug-likeness (QED) is 0.733. The Hall–Kier alpha value is -0.500. The summed E-state index contributed by atoms with van der Waals surface area (Å²) in [6.07, 6.45) is 1.18. The minimum Gasteiger partial charge on any atom is -0.497 e. The van der Waals surface area contributed by atoms with Crippen molar-refractivity contribution >= 4 is 15.9 Å². The van der Waals surface area contributed by atoms with Crippen molar-refractivity contribution in [1.29, 1.82) is 0 Å². The maximum atomic E-state index is 5.20. The number of methoxy groups -OCH3 is 1. The molecule has 1 nitrogen and oxygen atoms in total. The molecule has 0 saturated carbocycles. The first-order chi connectivity index (χ1) is 7.10. The van der Waals surface area contributed by atoms with Crippen molar-refractivity contribution in [3.8, 4) is 5.75 Å². The van der Waals surface area contributed by atoms with Crippen molar-refractivity contribution < 1.29 is 4.74 Å². The summed E-state index contributed by atoms with van der Waals surface area (Å²) in [5.41, 5.74) is 2.65. The van der Waals surface area contributed by atoms with Crippen LogP contribution in [0, 0.1) is 12.8 Å². The lowest BCUT2D eigenvalue weighted by atomic mass is 9.95. The van der Waals surface area contributed by atoms with E-state index >= 15 is 0 Å². The molecule has 1 aromatic rings. The number of rotatable bonds is 4. The van der Waals surface area contributed by atoms with Gasteiger partial charge in [-0.15, -0.1) is 0 Å². The topological polar surface area (TPSA) is 9.23 Å². The first-order valence-corrected chi connectivity index (χ1v) is 6.30. The molecule has 0 spiro atoms. The monoisotopic (exact) mass is 270 g/mol. The maximum absolute atomic E-state index is 5.20. The number of halogens is 1. The fourth-order valence-electron chi connectivity index (χ4n) is 1.60. The molecule has 0 aromatic heterocycles. The summed E-state index contributed by atoms with van der Waals surface area (Å²) in [6, 6.07) is 6.27. The van der Waals surface area contributed by atoms with Crippen LogP contribution in [0.1, 0.15) is 36.2 Å². The summed E-state index contributed by atoms with van der Waals surface area (Å²) >= 11 is 3.77. The summed E-state index contributed by atoms with van der Waals surface area (Å²) in [4.78, 5) is 0.438. The molecule has 0 N–H and O–H groups in total. The largest absolute Gasteiger partial charge is 0.497 e. The van der Waals surface area contributed by atoms with Gasteiger partial charge in [-0.25, -0.2) is 0 Å². The molecule has 15 heavy (non-hydrogen) atoms. The molecule has 0 aliphatic carbocycles. The van der Waals surface area contributed by atoms with E-state index in [9.17, 15) is 0 Å². The van der Waals surface area contributed by atoms with E-state index in [1.807, 2.05) is 6.07 Å². The normalized spacial score (nSPS) is 14.7. The summed E-state index contributed by atoms with van der Waals surface area (Å²) in [7, 11) is 1.70. The molecule has 0 bridgehead atoms. The van der Waals surface area contributed by atoms with E-state index < -0.39 is 0 Å². The summed E-state index contributed by atoms with van der Waals surface area (Å²) in [5, 5.41) is 0. The fraction of sp³-hybridized carbons (Fsp3) is 0.538. The Labute approximate surface area is 101 Å². The molecule has 2 heteroatoms. The lowest BCUT2D eigenvalue weighted by molar-refractivity contribution is 0.414. The van der Waals surface area contributed by atoms with Crippen molar-refractivity contribution in [2.75, 3.05) is 7.11 Å². The SMILES string of the molecule is CCC(C)C(Br)c1ccc(OC)cc1C. The van der Waals surface area contributed by atoms with Crippen LogP contribution in [0.3, 0.4) is 0 Å². The van der Waals surface area contributed by atoms with Gasteiger partial charge in [-0.2, -0.15) is 0 Å². The number of hydrogen-bond acceptors (Lipinski definition) is 1. The number of aryl methyl sites for hydroxylation is 1. The third kappa shape index (κ3) is 2.97. The lowest BCUT2D eigenvalue weighted by Crippen LogP contribution is -2.04. The average Bonchev–Trinajstić information content (AvgIpc) is 2.26. The third-order valence-electron chi connectivity index (χ3n) is 2.92. The molecular weight excluding hydrogens is 252 g/mol. The van der Waals surface area contributed by atoms with Gasteiger partial charge in [0.2, 0.25) is 0 Å². The van der Waals surface area contributed by atoms with Crippen molar-refractivity contribution in [2.45, 2.75) is 32.0 Å². The Kier molecular flexibility index (Phi) is 4.65. The third-order valence-corrected chi connectivity index (χ3v) is 4.31. The molecule has 0 radical (unpaired) electrons. The van der Waals surface area contributed by atoms with Gasteiger partial charge >= 0.3 is 0 Å². The Bertz CT molecular complexity index is 322. The van der Waals surface area contributed by atoms with E-state index in [0.29, 0.717) is 10.7 Å². The number of ether oxygens (including phenoxy) is 1. The van der Waals surface area contributed by atoms with E-state index in [0.717, 1.165) is 5.75 Å². The molecule has 1 aromatic carbocycles. The van der Waals surface area contributed by atoms with Gasteiger partial charge in [-0.3, -0.25) is 0 Å². The van der Waals surface area contributed by atoms with E-state index in [2.05, 4.69) is 48.8 Å². The molecule has 0 amide bonds. The molecular formula is C13H19BrO. The van der Waals surface area contributed by atoms with E-state index in [1.165, 1.54) is 17.5 Å². The molecule has 0 saturated heterocycles. The molecule has 0 heterocycles.